The first-order valence-electron chi connectivity index (χ1n) is 7.48. The second kappa shape index (κ2) is 7.75. The van der Waals surface area contributed by atoms with Gasteiger partial charge in [-0.1, -0.05) is 36.9 Å². The molecule has 5 heteroatoms. The number of benzene rings is 1. The number of rotatable bonds is 8. The normalized spacial score (nSPS) is 12.1. The van der Waals surface area contributed by atoms with E-state index in [1.165, 1.54) is 0 Å². The Bertz CT molecular complexity index is 622. The Labute approximate surface area is 131 Å². The largest absolute Gasteiger partial charge is 0.489 e. The number of hydrogen-bond acceptors (Lipinski definition) is 5. The summed E-state index contributed by atoms with van der Waals surface area (Å²) in [5.74, 6) is 2.15. The van der Waals surface area contributed by atoms with Crippen molar-refractivity contribution in [3.8, 4) is 5.75 Å². The van der Waals surface area contributed by atoms with Gasteiger partial charge in [-0.2, -0.15) is 4.98 Å². The summed E-state index contributed by atoms with van der Waals surface area (Å²) in [6.07, 6.45) is 0.871. The number of ether oxygens (including phenoxy) is 1. The van der Waals surface area contributed by atoms with E-state index in [9.17, 15) is 0 Å². The number of nitrogens with one attached hydrogen (secondary N) is 1. The molecule has 1 aromatic carbocycles. The van der Waals surface area contributed by atoms with Crippen molar-refractivity contribution in [2.24, 2.45) is 0 Å². The number of aromatic nitrogens is 2. The van der Waals surface area contributed by atoms with Crippen LogP contribution in [0.15, 0.2) is 40.9 Å². The summed E-state index contributed by atoms with van der Waals surface area (Å²) in [7, 11) is 0. The highest BCUT2D eigenvalue weighted by atomic mass is 16.5. The molecule has 0 saturated heterocycles. The molecule has 0 aliphatic carbocycles. The molecule has 0 amide bonds. The van der Waals surface area contributed by atoms with Gasteiger partial charge in [0.25, 0.3) is 0 Å². The number of para-hydroxylation sites is 1. The molecule has 0 spiro atoms. The van der Waals surface area contributed by atoms with Gasteiger partial charge >= 0.3 is 0 Å². The molecule has 1 heterocycles. The lowest BCUT2D eigenvalue weighted by Crippen LogP contribution is -2.21. The van der Waals surface area contributed by atoms with Crippen molar-refractivity contribution in [1.29, 1.82) is 0 Å². The molecule has 22 heavy (non-hydrogen) atoms. The molecule has 2 rings (SSSR count). The van der Waals surface area contributed by atoms with Crippen LogP contribution in [-0.4, -0.2) is 16.7 Å². The predicted octanol–water partition coefficient (Wildman–Crippen LogP) is 3.57. The zero-order valence-corrected chi connectivity index (χ0v) is 13.4. The molecular formula is C17H23N3O2. The fourth-order valence-electron chi connectivity index (χ4n) is 2.09. The third-order valence-corrected chi connectivity index (χ3v) is 3.24. The molecule has 0 fully saturated rings. The van der Waals surface area contributed by atoms with E-state index in [1.807, 2.05) is 38.1 Å². The summed E-state index contributed by atoms with van der Waals surface area (Å²) in [4.78, 5) is 4.29. The van der Waals surface area contributed by atoms with Gasteiger partial charge in [-0.25, -0.2) is 0 Å². The van der Waals surface area contributed by atoms with Crippen LogP contribution in [0.2, 0.25) is 0 Å². The zero-order valence-electron chi connectivity index (χ0n) is 13.4. The van der Waals surface area contributed by atoms with Gasteiger partial charge in [-0.05, 0) is 31.9 Å². The Morgan fingerprint density at radius 3 is 2.82 bits per heavy atom. The van der Waals surface area contributed by atoms with Crippen molar-refractivity contribution < 1.29 is 9.26 Å². The van der Waals surface area contributed by atoms with Crippen LogP contribution in [0.3, 0.4) is 0 Å². The molecule has 118 valence electrons. The van der Waals surface area contributed by atoms with E-state index in [1.54, 1.807) is 0 Å². The number of hydrogen-bond donors (Lipinski definition) is 1. The minimum atomic E-state index is 0.0374. The van der Waals surface area contributed by atoms with Crippen LogP contribution in [0.25, 0.3) is 0 Å². The molecule has 0 radical (unpaired) electrons. The number of nitrogens with zero attached hydrogens (tertiary/aromatic N) is 2. The molecule has 0 unspecified atom stereocenters. The summed E-state index contributed by atoms with van der Waals surface area (Å²) in [5.41, 5.74) is 2.09. The van der Waals surface area contributed by atoms with Crippen molar-refractivity contribution in [3.63, 3.8) is 0 Å². The second-order valence-electron chi connectivity index (χ2n) is 5.38. The van der Waals surface area contributed by atoms with Crippen LogP contribution < -0.4 is 10.1 Å². The summed E-state index contributed by atoms with van der Waals surface area (Å²) in [6.45, 7) is 10.9. The van der Waals surface area contributed by atoms with Crippen LogP contribution in [0, 0.1) is 6.92 Å². The lowest BCUT2D eigenvalue weighted by molar-refractivity contribution is 0.318. The van der Waals surface area contributed by atoms with Gasteiger partial charge in [0, 0.05) is 12.1 Å². The van der Waals surface area contributed by atoms with Crippen LogP contribution in [-0.2, 0) is 6.54 Å². The van der Waals surface area contributed by atoms with Crippen LogP contribution in [0.1, 0.15) is 43.6 Å². The molecule has 0 aliphatic heterocycles. The lowest BCUT2D eigenvalue weighted by Gasteiger charge is -2.15. The molecule has 1 aromatic heterocycles. The molecule has 5 nitrogen and oxygen atoms in total. The van der Waals surface area contributed by atoms with Crippen molar-refractivity contribution >= 4 is 0 Å². The van der Waals surface area contributed by atoms with Crippen LogP contribution >= 0.6 is 0 Å². The first kappa shape index (κ1) is 16.2. The first-order valence-corrected chi connectivity index (χ1v) is 7.48. The van der Waals surface area contributed by atoms with E-state index in [0.29, 0.717) is 24.9 Å². The highest BCUT2D eigenvalue weighted by Gasteiger charge is 2.16. The summed E-state index contributed by atoms with van der Waals surface area (Å²) >= 11 is 0. The highest BCUT2D eigenvalue weighted by Crippen LogP contribution is 2.21. The Balaban J connectivity index is 2.02. The fourth-order valence-corrected chi connectivity index (χ4v) is 2.09. The second-order valence-corrected chi connectivity index (χ2v) is 5.38. The van der Waals surface area contributed by atoms with Crippen LogP contribution in [0.5, 0.6) is 5.75 Å². The highest BCUT2D eigenvalue weighted by molar-refractivity contribution is 5.33. The van der Waals surface area contributed by atoms with E-state index in [4.69, 9.17) is 9.26 Å². The van der Waals surface area contributed by atoms with E-state index >= 15 is 0 Å². The summed E-state index contributed by atoms with van der Waals surface area (Å²) < 4.78 is 11.0. The van der Waals surface area contributed by atoms with Gasteiger partial charge in [0.05, 0.1) is 6.04 Å². The Morgan fingerprint density at radius 2 is 2.18 bits per heavy atom. The van der Waals surface area contributed by atoms with E-state index in [-0.39, 0.29) is 6.04 Å². The topological polar surface area (TPSA) is 60.2 Å². The summed E-state index contributed by atoms with van der Waals surface area (Å²) in [6, 6.07) is 8.03. The van der Waals surface area contributed by atoms with Crippen LogP contribution in [0.4, 0.5) is 0 Å². The van der Waals surface area contributed by atoms with Crippen molar-refractivity contribution in [3.05, 3.63) is 53.7 Å². The molecule has 0 aliphatic rings. The predicted molar refractivity (Wildman–Crippen MR) is 85.7 cm³/mol. The average Bonchev–Trinajstić information content (AvgIpc) is 2.93. The third kappa shape index (κ3) is 4.43. The SMILES string of the molecule is C=C(C)COc1ccccc1CN[C@@H](CC)c1nc(C)no1. The lowest BCUT2D eigenvalue weighted by atomic mass is 10.1. The zero-order chi connectivity index (χ0) is 15.9. The minimum absolute atomic E-state index is 0.0374. The minimum Gasteiger partial charge on any atom is -0.489 e. The monoisotopic (exact) mass is 301 g/mol. The van der Waals surface area contributed by atoms with Crippen molar-refractivity contribution in [1.82, 2.24) is 15.5 Å². The Morgan fingerprint density at radius 1 is 1.41 bits per heavy atom. The fraction of sp³-hybridized carbons (Fsp3) is 0.412. The van der Waals surface area contributed by atoms with Gasteiger partial charge in [-0.3, -0.25) is 0 Å². The number of aryl methyl sites for hydroxylation is 1. The molecule has 0 saturated carbocycles. The average molecular weight is 301 g/mol. The third-order valence-electron chi connectivity index (χ3n) is 3.24. The summed E-state index contributed by atoms with van der Waals surface area (Å²) in [5, 5.41) is 7.29. The van der Waals surface area contributed by atoms with Gasteiger partial charge in [0.2, 0.25) is 5.89 Å². The van der Waals surface area contributed by atoms with Gasteiger partial charge in [0.15, 0.2) is 5.82 Å². The maximum atomic E-state index is 5.78. The maximum absolute atomic E-state index is 5.78. The van der Waals surface area contributed by atoms with E-state index < -0.39 is 0 Å². The molecule has 1 N–H and O–H groups in total. The van der Waals surface area contributed by atoms with Gasteiger partial charge < -0.3 is 14.6 Å². The quantitative estimate of drug-likeness (QED) is 0.755. The first-order chi connectivity index (χ1) is 10.6. The van der Waals surface area contributed by atoms with E-state index in [0.717, 1.165) is 23.3 Å². The Kier molecular flexibility index (Phi) is 5.72. The van der Waals surface area contributed by atoms with Gasteiger partial charge in [-0.15, -0.1) is 0 Å². The molecule has 2 aromatic rings. The van der Waals surface area contributed by atoms with Crippen molar-refractivity contribution in [2.75, 3.05) is 6.61 Å². The van der Waals surface area contributed by atoms with E-state index in [2.05, 4.69) is 29.0 Å². The smallest absolute Gasteiger partial charge is 0.243 e. The molecule has 1 atom stereocenters. The molecular weight excluding hydrogens is 278 g/mol. The maximum Gasteiger partial charge on any atom is 0.243 e. The van der Waals surface area contributed by atoms with Gasteiger partial charge in [0.1, 0.15) is 12.4 Å². The van der Waals surface area contributed by atoms with Crippen molar-refractivity contribution in [2.45, 2.75) is 39.8 Å². The Hall–Kier alpha value is -2.14. The molecule has 0 bridgehead atoms. The standard InChI is InChI=1S/C17H23N3O2/c1-5-15(17-19-13(4)20-22-17)18-10-14-8-6-7-9-16(14)21-11-12(2)3/h6-9,15,18H,2,5,10-11H2,1,3-4H3/t15-/m0/s1.